The molecule has 0 aliphatic heterocycles. The standard InChI is InChI=1S/C22H28N2O3S/c1-14(2)12-16-6-8-17(9-7-16)15(3)21(25)24-22(28)23-18-10-11-19(26-4)20(13-18)27-5/h6-11,13-15H,12H2,1-5H3,(H2,23,24,25,28). The van der Waals surface area contributed by atoms with E-state index < -0.39 is 0 Å². The van der Waals surface area contributed by atoms with E-state index >= 15 is 0 Å². The van der Waals surface area contributed by atoms with Crippen molar-refractivity contribution in [1.29, 1.82) is 0 Å². The maximum Gasteiger partial charge on any atom is 0.233 e. The van der Waals surface area contributed by atoms with Gasteiger partial charge in [-0.05, 0) is 54.7 Å². The number of benzene rings is 2. The van der Waals surface area contributed by atoms with Gasteiger partial charge in [-0.3, -0.25) is 4.79 Å². The smallest absolute Gasteiger partial charge is 0.233 e. The highest BCUT2D eigenvalue weighted by Gasteiger charge is 2.17. The molecule has 0 bridgehead atoms. The second-order valence-corrected chi connectivity index (χ2v) is 7.48. The molecule has 2 aromatic rings. The Morgan fingerprint density at radius 1 is 1.00 bits per heavy atom. The summed E-state index contributed by atoms with van der Waals surface area (Å²) in [6, 6.07) is 13.5. The van der Waals surface area contributed by atoms with Crippen molar-refractivity contribution in [3.8, 4) is 11.5 Å². The maximum atomic E-state index is 12.5. The number of carbonyl (C=O) groups excluding carboxylic acids is 1. The molecular formula is C22H28N2O3S. The molecule has 0 spiro atoms. The van der Waals surface area contributed by atoms with Gasteiger partial charge in [0, 0.05) is 11.8 Å². The summed E-state index contributed by atoms with van der Waals surface area (Å²) in [5.41, 5.74) is 2.93. The average molecular weight is 401 g/mol. The molecule has 150 valence electrons. The second-order valence-electron chi connectivity index (χ2n) is 7.07. The maximum absolute atomic E-state index is 12.5. The number of nitrogens with one attached hydrogen (secondary N) is 2. The third kappa shape index (κ3) is 5.96. The van der Waals surface area contributed by atoms with Crippen molar-refractivity contribution in [2.75, 3.05) is 19.5 Å². The minimum Gasteiger partial charge on any atom is -0.493 e. The molecule has 2 N–H and O–H groups in total. The molecule has 5 nitrogen and oxygen atoms in total. The predicted molar refractivity (Wildman–Crippen MR) is 117 cm³/mol. The minimum atomic E-state index is -0.307. The molecule has 0 saturated heterocycles. The van der Waals surface area contributed by atoms with Gasteiger partial charge in [0.2, 0.25) is 5.91 Å². The summed E-state index contributed by atoms with van der Waals surface area (Å²) in [6.45, 7) is 6.25. The Labute approximate surface area is 172 Å². The number of rotatable bonds is 7. The van der Waals surface area contributed by atoms with Crippen LogP contribution >= 0.6 is 12.2 Å². The Morgan fingerprint density at radius 2 is 1.64 bits per heavy atom. The first kappa shape index (κ1) is 21.7. The van der Waals surface area contributed by atoms with Crippen LogP contribution in [0.2, 0.25) is 0 Å². The number of carbonyl (C=O) groups is 1. The second kappa shape index (κ2) is 10.1. The van der Waals surface area contributed by atoms with E-state index in [4.69, 9.17) is 21.7 Å². The normalized spacial score (nSPS) is 11.6. The average Bonchev–Trinajstić information content (AvgIpc) is 2.67. The minimum absolute atomic E-state index is 0.158. The third-order valence-corrected chi connectivity index (χ3v) is 4.60. The first-order valence-electron chi connectivity index (χ1n) is 9.26. The van der Waals surface area contributed by atoms with Gasteiger partial charge in [-0.15, -0.1) is 0 Å². The first-order chi connectivity index (χ1) is 13.3. The Morgan fingerprint density at radius 3 is 2.21 bits per heavy atom. The van der Waals surface area contributed by atoms with E-state index in [1.54, 1.807) is 32.4 Å². The number of hydrogen-bond acceptors (Lipinski definition) is 4. The molecule has 0 fully saturated rings. The van der Waals surface area contributed by atoms with Gasteiger partial charge in [0.1, 0.15) is 0 Å². The largest absolute Gasteiger partial charge is 0.493 e. The van der Waals surface area contributed by atoms with Crippen LogP contribution in [0.1, 0.15) is 37.8 Å². The quantitative estimate of drug-likeness (QED) is 0.669. The zero-order valence-corrected chi connectivity index (χ0v) is 17.9. The van der Waals surface area contributed by atoms with Crippen LogP contribution in [-0.4, -0.2) is 25.2 Å². The predicted octanol–water partition coefficient (Wildman–Crippen LogP) is 4.52. The summed E-state index contributed by atoms with van der Waals surface area (Å²) < 4.78 is 10.5. The summed E-state index contributed by atoms with van der Waals surface area (Å²) >= 11 is 5.28. The van der Waals surface area contributed by atoms with E-state index in [-0.39, 0.29) is 16.9 Å². The van der Waals surface area contributed by atoms with Crippen molar-refractivity contribution in [2.24, 2.45) is 5.92 Å². The Balaban J connectivity index is 1.97. The van der Waals surface area contributed by atoms with Gasteiger partial charge in [0.25, 0.3) is 0 Å². The molecule has 0 radical (unpaired) electrons. The first-order valence-corrected chi connectivity index (χ1v) is 9.67. The van der Waals surface area contributed by atoms with Gasteiger partial charge < -0.3 is 20.1 Å². The summed E-state index contributed by atoms with van der Waals surface area (Å²) in [7, 11) is 3.14. The fourth-order valence-corrected chi connectivity index (χ4v) is 3.08. The van der Waals surface area contributed by atoms with Crippen molar-refractivity contribution in [3.05, 3.63) is 53.6 Å². The molecular weight excluding hydrogens is 372 g/mol. The lowest BCUT2D eigenvalue weighted by Crippen LogP contribution is -2.36. The molecule has 0 heterocycles. The summed E-state index contributed by atoms with van der Waals surface area (Å²) in [4.78, 5) is 12.5. The van der Waals surface area contributed by atoms with Crippen LogP contribution in [0.15, 0.2) is 42.5 Å². The lowest BCUT2D eigenvalue weighted by atomic mass is 9.96. The molecule has 1 atom stereocenters. The highest BCUT2D eigenvalue weighted by atomic mass is 32.1. The van der Waals surface area contributed by atoms with Gasteiger partial charge in [0.15, 0.2) is 16.6 Å². The van der Waals surface area contributed by atoms with Crippen molar-refractivity contribution in [2.45, 2.75) is 33.1 Å². The molecule has 0 saturated carbocycles. The van der Waals surface area contributed by atoms with E-state index in [9.17, 15) is 4.79 Å². The van der Waals surface area contributed by atoms with Crippen molar-refractivity contribution in [1.82, 2.24) is 5.32 Å². The van der Waals surface area contributed by atoms with Crippen molar-refractivity contribution in [3.63, 3.8) is 0 Å². The third-order valence-electron chi connectivity index (χ3n) is 4.40. The lowest BCUT2D eigenvalue weighted by molar-refractivity contribution is -0.120. The molecule has 1 unspecified atom stereocenters. The molecule has 28 heavy (non-hydrogen) atoms. The van der Waals surface area contributed by atoms with Gasteiger partial charge in [-0.1, -0.05) is 38.1 Å². The Hall–Kier alpha value is -2.60. The summed E-state index contributed by atoms with van der Waals surface area (Å²) in [5.74, 6) is 1.34. The molecule has 0 aliphatic rings. The van der Waals surface area contributed by atoms with Gasteiger partial charge >= 0.3 is 0 Å². The van der Waals surface area contributed by atoms with E-state index in [1.807, 2.05) is 19.1 Å². The lowest BCUT2D eigenvalue weighted by Gasteiger charge is -2.16. The molecule has 6 heteroatoms. The van der Waals surface area contributed by atoms with Crippen LogP contribution in [-0.2, 0) is 11.2 Å². The van der Waals surface area contributed by atoms with E-state index in [1.165, 1.54) is 5.56 Å². The van der Waals surface area contributed by atoms with Crippen LogP contribution in [0.25, 0.3) is 0 Å². The molecule has 0 aromatic heterocycles. The zero-order chi connectivity index (χ0) is 20.7. The summed E-state index contributed by atoms with van der Waals surface area (Å²) in [6.07, 6.45) is 1.03. The van der Waals surface area contributed by atoms with E-state index in [0.717, 1.165) is 12.0 Å². The zero-order valence-electron chi connectivity index (χ0n) is 17.0. The number of ether oxygens (including phenoxy) is 2. The van der Waals surface area contributed by atoms with Crippen LogP contribution in [0.5, 0.6) is 11.5 Å². The fourth-order valence-electron chi connectivity index (χ4n) is 2.86. The highest BCUT2D eigenvalue weighted by molar-refractivity contribution is 7.80. The number of methoxy groups -OCH3 is 2. The fraction of sp³-hybridized carbons (Fsp3) is 0.364. The van der Waals surface area contributed by atoms with E-state index in [0.29, 0.717) is 23.1 Å². The molecule has 2 rings (SSSR count). The SMILES string of the molecule is COc1ccc(NC(=S)NC(=O)C(C)c2ccc(CC(C)C)cc2)cc1OC. The van der Waals surface area contributed by atoms with Gasteiger partial charge in [0.05, 0.1) is 20.1 Å². The molecule has 0 aliphatic carbocycles. The topological polar surface area (TPSA) is 59.6 Å². The van der Waals surface area contributed by atoms with E-state index in [2.05, 4.69) is 36.6 Å². The van der Waals surface area contributed by atoms with Crippen molar-refractivity contribution >= 4 is 28.9 Å². The van der Waals surface area contributed by atoms with Crippen LogP contribution < -0.4 is 20.1 Å². The molecule has 1 amide bonds. The number of hydrogen-bond donors (Lipinski definition) is 2. The Bertz CT molecular complexity index is 819. The number of thiocarbonyl (C=S) groups is 1. The molecule has 2 aromatic carbocycles. The Kier molecular flexibility index (Phi) is 7.81. The highest BCUT2D eigenvalue weighted by Crippen LogP contribution is 2.29. The summed E-state index contributed by atoms with van der Waals surface area (Å²) in [5, 5.41) is 5.99. The van der Waals surface area contributed by atoms with Crippen molar-refractivity contribution < 1.29 is 14.3 Å². The van der Waals surface area contributed by atoms with Gasteiger partial charge in [-0.25, -0.2) is 0 Å². The number of amides is 1. The van der Waals surface area contributed by atoms with Crippen LogP contribution in [0.3, 0.4) is 0 Å². The van der Waals surface area contributed by atoms with Crippen LogP contribution in [0, 0.1) is 5.92 Å². The van der Waals surface area contributed by atoms with Gasteiger partial charge in [-0.2, -0.15) is 0 Å². The van der Waals surface area contributed by atoms with Crippen LogP contribution in [0.4, 0.5) is 5.69 Å². The monoisotopic (exact) mass is 400 g/mol. The number of anilines is 1.